The van der Waals surface area contributed by atoms with Crippen LogP contribution in [0.3, 0.4) is 0 Å². The number of halogens is 1. The molecule has 0 saturated heterocycles. The number of ether oxygens (including phenoxy) is 1. The zero-order valence-corrected chi connectivity index (χ0v) is 18.8. The highest BCUT2D eigenvalue weighted by molar-refractivity contribution is 6.18. The van der Waals surface area contributed by atoms with Gasteiger partial charge < -0.3 is 14.8 Å². The molecule has 0 amide bonds. The molecule has 5 nitrogen and oxygen atoms in total. The van der Waals surface area contributed by atoms with Gasteiger partial charge in [0.1, 0.15) is 11.6 Å². The van der Waals surface area contributed by atoms with Crippen molar-refractivity contribution < 1.29 is 19.0 Å². The third-order valence-electron chi connectivity index (χ3n) is 5.14. The number of carboxylic acid groups (broad SMARTS) is 1. The number of benzene rings is 2. The zero-order chi connectivity index (χ0) is 24.0. The Balaban J connectivity index is 2.04. The van der Waals surface area contributed by atoms with Crippen molar-refractivity contribution in [2.75, 3.05) is 6.61 Å². The number of rotatable bonds is 8. The third kappa shape index (κ3) is 5.66. The quantitative estimate of drug-likeness (QED) is 0.335. The lowest BCUT2D eigenvalue weighted by molar-refractivity contribution is -0.130. The molecule has 0 fully saturated rings. The number of hydrogen-bond donors (Lipinski definition) is 2. The Bertz CT molecular complexity index is 1270. The number of aliphatic carboxylic acids is 1. The molecule has 6 heteroatoms. The summed E-state index contributed by atoms with van der Waals surface area (Å²) in [7, 11) is 0. The molecule has 0 aliphatic rings. The molecule has 0 bridgehead atoms. The molecule has 0 unspecified atom stereocenters. The van der Waals surface area contributed by atoms with Gasteiger partial charge in [0.25, 0.3) is 0 Å². The average Bonchev–Trinajstić information content (AvgIpc) is 2.79. The summed E-state index contributed by atoms with van der Waals surface area (Å²) in [5.74, 6) is -0.975. The number of carboxylic acids is 1. The van der Waals surface area contributed by atoms with Gasteiger partial charge in [-0.1, -0.05) is 31.2 Å². The minimum Gasteiger partial charge on any atom is -0.494 e. The van der Waals surface area contributed by atoms with Crippen molar-refractivity contribution in [3.63, 3.8) is 0 Å². The van der Waals surface area contributed by atoms with Crippen molar-refractivity contribution in [3.8, 4) is 16.9 Å². The Morgan fingerprint density at radius 3 is 2.45 bits per heavy atom. The summed E-state index contributed by atoms with van der Waals surface area (Å²) in [5, 5.41) is 9.81. The first kappa shape index (κ1) is 23.7. The van der Waals surface area contributed by atoms with E-state index in [0.717, 1.165) is 11.3 Å². The zero-order valence-electron chi connectivity index (χ0n) is 18.8. The molecule has 3 rings (SSSR count). The minimum absolute atomic E-state index is 0.0526. The molecule has 0 aliphatic heterocycles. The lowest BCUT2D eigenvalue weighted by Gasteiger charge is -2.11. The van der Waals surface area contributed by atoms with Crippen LogP contribution in [-0.2, 0) is 4.79 Å². The SMILES string of the molecule is CC/C=C(/C=C(/C(=O)O)c1cc(F)ccc1C)c1cc(=O)c(-c2ccc(OCC)cc2)c[nH]1. The first-order valence-electron chi connectivity index (χ1n) is 10.7. The summed E-state index contributed by atoms with van der Waals surface area (Å²) >= 11 is 0. The van der Waals surface area contributed by atoms with Crippen molar-refractivity contribution in [1.29, 1.82) is 0 Å². The second-order valence-electron chi connectivity index (χ2n) is 7.47. The molecule has 2 aromatic carbocycles. The molecule has 170 valence electrons. The van der Waals surface area contributed by atoms with Crippen molar-refractivity contribution in [2.24, 2.45) is 0 Å². The summed E-state index contributed by atoms with van der Waals surface area (Å²) < 4.78 is 19.3. The summed E-state index contributed by atoms with van der Waals surface area (Å²) in [6.45, 7) is 6.09. The van der Waals surface area contributed by atoms with E-state index in [1.807, 2.05) is 32.1 Å². The van der Waals surface area contributed by atoms with Gasteiger partial charge in [-0.3, -0.25) is 4.79 Å². The highest BCUT2D eigenvalue weighted by Crippen LogP contribution is 2.26. The maximum Gasteiger partial charge on any atom is 0.336 e. The second kappa shape index (κ2) is 10.6. The average molecular weight is 448 g/mol. The molecule has 0 saturated carbocycles. The van der Waals surface area contributed by atoms with E-state index in [2.05, 4.69) is 4.98 Å². The van der Waals surface area contributed by atoms with Crippen LogP contribution in [0.1, 0.15) is 37.1 Å². The van der Waals surface area contributed by atoms with E-state index in [1.165, 1.54) is 30.3 Å². The Kier molecular flexibility index (Phi) is 7.61. The van der Waals surface area contributed by atoms with Crippen LogP contribution in [0.4, 0.5) is 4.39 Å². The highest BCUT2D eigenvalue weighted by Gasteiger charge is 2.16. The number of carbonyl (C=O) groups is 1. The molecule has 1 aromatic heterocycles. The van der Waals surface area contributed by atoms with Crippen LogP contribution in [0.5, 0.6) is 5.75 Å². The number of aryl methyl sites for hydroxylation is 1. The smallest absolute Gasteiger partial charge is 0.336 e. The molecular formula is C27H26FNO4. The number of H-pyrrole nitrogens is 1. The fourth-order valence-corrected chi connectivity index (χ4v) is 3.52. The van der Waals surface area contributed by atoms with E-state index in [9.17, 15) is 19.1 Å². The van der Waals surface area contributed by atoms with E-state index in [1.54, 1.807) is 25.3 Å². The standard InChI is InChI=1S/C27H26FNO4/c1-4-6-19(13-23(27(31)32)22-14-20(28)10-7-17(22)3)25-15-26(30)24(16-29-25)18-8-11-21(12-9-18)33-5-2/h6-16H,4-5H2,1-3H3,(H,29,30)(H,31,32)/b19-6-,23-13+. The third-order valence-corrected chi connectivity index (χ3v) is 5.14. The van der Waals surface area contributed by atoms with Gasteiger partial charge in [0.15, 0.2) is 5.43 Å². The van der Waals surface area contributed by atoms with Crippen molar-refractivity contribution in [3.05, 3.63) is 99.7 Å². The predicted molar refractivity (Wildman–Crippen MR) is 129 cm³/mol. The molecule has 1 heterocycles. The lowest BCUT2D eigenvalue weighted by Crippen LogP contribution is -2.07. The highest BCUT2D eigenvalue weighted by atomic mass is 19.1. The Morgan fingerprint density at radius 1 is 1.12 bits per heavy atom. The molecule has 0 aliphatic carbocycles. The monoisotopic (exact) mass is 447 g/mol. The van der Waals surface area contributed by atoms with Crippen molar-refractivity contribution in [2.45, 2.75) is 27.2 Å². The van der Waals surface area contributed by atoms with Crippen LogP contribution in [0, 0.1) is 12.7 Å². The number of aromatic nitrogens is 1. The van der Waals surface area contributed by atoms with E-state index in [0.29, 0.717) is 35.4 Å². The molecule has 33 heavy (non-hydrogen) atoms. The number of nitrogens with one attached hydrogen (secondary N) is 1. The van der Waals surface area contributed by atoms with Gasteiger partial charge in [0.2, 0.25) is 0 Å². The number of hydrogen-bond acceptors (Lipinski definition) is 3. The Hall–Kier alpha value is -3.93. The topological polar surface area (TPSA) is 79.4 Å². The largest absolute Gasteiger partial charge is 0.494 e. The number of pyridine rings is 1. The predicted octanol–water partition coefficient (Wildman–Crippen LogP) is 5.85. The first-order valence-corrected chi connectivity index (χ1v) is 10.7. The fraction of sp³-hybridized carbons (Fsp3) is 0.185. The van der Waals surface area contributed by atoms with Crippen LogP contribution in [0.15, 0.2) is 71.7 Å². The fourth-order valence-electron chi connectivity index (χ4n) is 3.52. The molecule has 0 radical (unpaired) electrons. The maximum absolute atomic E-state index is 13.8. The summed E-state index contributed by atoms with van der Waals surface area (Å²) in [6, 6.07) is 12.7. The van der Waals surface area contributed by atoms with Gasteiger partial charge in [0.05, 0.1) is 12.2 Å². The first-order chi connectivity index (χ1) is 15.8. The van der Waals surface area contributed by atoms with Gasteiger partial charge in [0, 0.05) is 23.5 Å². The van der Waals surface area contributed by atoms with Crippen molar-refractivity contribution in [1.82, 2.24) is 4.98 Å². The van der Waals surface area contributed by atoms with Crippen molar-refractivity contribution >= 4 is 17.1 Å². The molecular weight excluding hydrogens is 421 g/mol. The second-order valence-corrected chi connectivity index (χ2v) is 7.47. The maximum atomic E-state index is 13.8. The summed E-state index contributed by atoms with van der Waals surface area (Å²) in [4.78, 5) is 28.0. The van der Waals surface area contributed by atoms with Gasteiger partial charge >= 0.3 is 5.97 Å². The summed E-state index contributed by atoms with van der Waals surface area (Å²) in [6.07, 6.45) is 5.51. The van der Waals surface area contributed by atoms with Gasteiger partial charge in [-0.25, -0.2) is 9.18 Å². The van der Waals surface area contributed by atoms with Gasteiger partial charge in [-0.2, -0.15) is 0 Å². The van der Waals surface area contributed by atoms with E-state index < -0.39 is 11.8 Å². The minimum atomic E-state index is -1.18. The van der Waals surface area contributed by atoms with Crippen LogP contribution in [0.2, 0.25) is 0 Å². The van der Waals surface area contributed by atoms with Crippen LogP contribution in [0.25, 0.3) is 22.3 Å². The molecule has 0 atom stereocenters. The number of aromatic amines is 1. The van der Waals surface area contributed by atoms with Gasteiger partial charge in [-0.15, -0.1) is 0 Å². The lowest BCUT2D eigenvalue weighted by atomic mass is 9.96. The normalized spacial score (nSPS) is 12.0. The van der Waals surface area contributed by atoms with Crippen LogP contribution >= 0.6 is 0 Å². The Morgan fingerprint density at radius 2 is 1.85 bits per heavy atom. The molecule has 3 aromatic rings. The van der Waals surface area contributed by atoms with E-state index >= 15 is 0 Å². The van der Waals surface area contributed by atoms with E-state index in [4.69, 9.17) is 4.74 Å². The molecule has 2 N–H and O–H groups in total. The Labute approximate surface area is 191 Å². The van der Waals surface area contributed by atoms with Crippen LogP contribution in [-0.4, -0.2) is 22.7 Å². The number of allylic oxidation sites excluding steroid dienone is 3. The molecule has 0 spiro atoms. The summed E-state index contributed by atoms with van der Waals surface area (Å²) in [5.41, 5.74) is 2.91. The van der Waals surface area contributed by atoms with Crippen LogP contribution < -0.4 is 10.2 Å². The van der Waals surface area contributed by atoms with Gasteiger partial charge in [-0.05, 0) is 72.9 Å². The van der Waals surface area contributed by atoms with E-state index in [-0.39, 0.29) is 16.6 Å².